The zero-order valence-electron chi connectivity index (χ0n) is 26.6. The average molecular weight is 624 g/mol. The topological polar surface area (TPSA) is 128 Å². The van der Waals surface area contributed by atoms with Crippen molar-refractivity contribution in [2.45, 2.75) is 51.2 Å². The maximum absolute atomic E-state index is 14.6. The van der Waals surface area contributed by atoms with Crippen molar-refractivity contribution in [1.29, 1.82) is 0 Å². The third kappa shape index (κ3) is 8.29. The largest absolute Gasteiger partial charge is 0.497 e. The first-order chi connectivity index (χ1) is 22.1. The molecule has 0 spiro atoms. The maximum Gasteiger partial charge on any atom is 0.246 e. The number of benzene rings is 4. The van der Waals surface area contributed by atoms with Gasteiger partial charge in [-0.1, -0.05) is 80.6 Å². The Balaban J connectivity index is 1.71. The Morgan fingerprint density at radius 3 is 1.91 bits per heavy atom. The highest BCUT2D eigenvalue weighted by Gasteiger charge is 2.39. The minimum absolute atomic E-state index is 0.0279. The molecule has 0 saturated carbocycles. The highest BCUT2D eigenvalue weighted by Crippen LogP contribution is 2.23. The van der Waals surface area contributed by atoms with Crippen molar-refractivity contribution in [1.82, 2.24) is 10.2 Å². The molecule has 4 aromatic rings. The van der Waals surface area contributed by atoms with Crippen LogP contribution in [0.3, 0.4) is 0 Å². The Hall–Kier alpha value is -5.18. The number of nitrogens with zero attached hydrogens (tertiary/aromatic N) is 1. The zero-order chi connectivity index (χ0) is 33.2. The predicted octanol–water partition coefficient (Wildman–Crippen LogP) is 4.28. The normalized spacial score (nSPS) is 13.0. The summed E-state index contributed by atoms with van der Waals surface area (Å²) in [5.41, 5.74) is 8.20. The molecule has 0 saturated heterocycles. The summed E-state index contributed by atoms with van der Waals surface area (Å²) in [5, 5.41) is 4.87. The molecular formula is C37H41N3O6. The predicted molar refractivity (Wildman–Crippen MR) is 177 cm³/mol. The number of hydrogen-bond donors (Lipinski definition) is 2. The van der Waals surface area contributed by atoms with Crippen molar-refractivity contribution in [3.05, 3.63) is 108 Å². The molecule has 9 nitrogen and oxygen atoms in total. The lowest BCUT2D eigenvalue weighted by Gasteiger charge is -2.38. The van der Waals surface area contributed by atoms with Gasteiger partial charge in [0.1, 0.15) is 29.9 Å². The van der Waals surface area contributed by atoms with Crippen LogP contribution >= 0.6 is 0 Å². The Morgan fingerprint density at radius 1 is 0.804 bits per heavy atom. The van der Waals surface area contributed by atoms with Crippen LogP contribution < -0.4 is 20.5 Å². The van der Waals surface area contributed by atoms with Crippen molar-refractivity contribution in [3.8, 4) is 11.5 Å². The second-order valence-electron chi connectivity index (χ2n) is 11.6. The van der Waals surface area contributed by atoms with Crippen molar-refractivity contribution in [3.63, 3.8) is 0 Å². The molecule has 0 aliphatic rings. The van der Waals surface area contributed by atoms with E-state index in [1.165, 1.54) is 4.90 Å². The number of methoxy groups -OCH3 is 2. The van der Waals surface area contributed by atoms with Crippen LogP contribution in [0.1, 0.15) is 30.5 Å². The van der Waals surface area contributed by atoms with Crippen LogP contribution in [0.2, 0.25) is 0 Å². The number of fused-ring (bicyclic) bond motifs is 1. The lowest BCUT2D eigenvalue weighted by molar-refractivity contribution is -0.148. The molecule has 0 aliphatic heterocycles. The number of nitrogens with two attached hydrogens (primary N) is 1. The van der Waals surface area contributed by atoms with E-state index >= 15 is 0 Å². The quantitative estimate of drug-likeness (QED) is 0.190. The fraction of sp³-hybridized carbons (Fsp3) is 0.297. The van der Waals surface area contributed by atoms with Gasteiger partial charge in [0.15, 0.2) is 0 Å². The maximum atomic E-state index is 14.6. The van der Waals surface area contributed by atoms with E-state index in [1.54, 1.807) is 64.5 Å². The third-order valence-corrected chi connectivity index (χ3v) is 8.06. The van der Waals surface area contributed by atoms with Crippen LogP contribution in [0.15, 0.2) is 91.0 Å². The van der Waals surface area contributed by atoms with Crippen LogP contribution in [0.4, 0.5) is 0 Å². The first-order valence-corrected chi connectivity index (χ1v) is 15.2. The van der Waals surface area contributed by atoms with Gasteiger partial charge in [0.05, 0.1) is 26.7 Å². The van der Waals surface area contributed by atoms with E-state index in [2.05, 4.69) is 5.32 Å². The summed E-state index contributed by atoms with van der Waals surface area (Å²) in [6.45, 7) is 3.53. The summed E-state index contributed by atoms with van der Waals surface area (Å²) in [4.78, 5) is 55.1. The van der Waals surface area contributed by atoms with Crippen molar-refractivity contribution in [2.75, 3.05) is 14.2 Å². The van der Waals surface area contributed by atoms with Crippen molar-refractivity contribution >= 4 is 34.8 Å². The number of amides is 3. The third-order valence-electron chi connectivity index (χ3n) is 8.06. The molecule has 0 aliphatic carbocycles. The second kappa shape index (κ2) is 15.7. The Morgan fingerprint density at radius 2 is 1.37 bits per heavy atom. The standard InChI is InChI=1S/C37H41N3O6/c1-24(2)35(36(38)43)40(29(23-41)20-25-12-16-30(45-3)17-13-25)37(44)33(21-26-14-18-31(46-4)19-15-26)39-34(42)22-28-10-7-9-27-8-5-6-11-32(27)28/h5-19,23-24,29,33,35H,20-22H2,1-4H3,(H2,38,43)(H,39,42)/t29?,33-,35-/m0/s1. The summed E-state index contributed by atoms with van der Waals surface area (Å²) in [7, 11) is 3.12. The molecule has 3 amide bonds. The van der Waals surface area contributed by atoms with E-state index in [4.69, 9.17) is 15.2 Å². The Kier molecular flexibility index (Phi) is 11.5. The van der Waals surface area contributed by atoms with Gasteiger partial charge in [-0.2, -0.15) is 0 Å². The summed E-state index contributed by atoms with van der Waals surface area (Å²) >= 11 is 0. The molecule has 240 valence electrons. The number of ether oxygens (including phenoxy) is 2. The molecule has 0 fully saturated rings. The van der Waals surface area contributed by atoms with Gasteiger partial charge in [-0.05, 0) is 64.1 Å². The monoisotopic (exact) mass is 623 g/mol. The van der Waals surface area contributed by atoms with E-state index in [0.717, 1.165) is 27.5 Å². The van der Waals surface area contributed by atoms with Gasteiger partial charge >= 0.3 is 0 Å². The minimum Gasteiger partial charge on any atom is -0.497 e. The average Bonchev–Trinajstić information content (AvgIpc) is 3.06. The summed E-state index contributed by atoms with van der Waals surface area (Å²) in [5.74, 6) is -0.818. The number of rotatable bonds is 15. The Labute approximate surface area is 269 Å². The van der Waals surface area contributed by atoms with E-state index < -0.39 is 35.9 Å². The smallest absolute Gasteiger partial charge is 0.246 e. The van der Waals surface area contributed by atoms with Crippen LogP contribution in [0.5, 0.6) is 11.5 Å². The number of primary amides is 1. The lowest BCUT2D eigenvalue weighted by Crippen LogP contribution is -2.61. The number of nitrogens with one attached hydrogen (secondary N) is 1. The fourth-order valence-electron chi connectivity index (χ4n) is 5.75. The molecule has 0 bridgehead atoms. The number of hydrogen-bond acceptors (Lipinski definition) is 6. The van der Waals surface area contributed by atoms with Gasteiger partial charge in [0.25, 0.3) is 0 Å². The highest BCUT2D eigenvalue weighted by atomic mass is 16.5. The van der Waals surface area contributed by atoms with E-state index in [0.29, 0.717) is 17.8 Å². The highest BCUT2D eigenvalue weighted by molar-refractivity contribution is 5.95. The lowest BCUT2D eigenvalue weighted by atomic mass is 9.94. The molecule has 3 N–H and O–H groups in total. The number of carbonyl (C=O) groups excluding carboxylic acids is 4. The molecule has 0 aromatic heterocycles. The molecule has 46 heavy (non-hydrogen) atoms. The van der Waals surface area contributed by atoms with Gasteiger partial charge in [-0.25, -0.2) is 0 Å². The summed E-state index contributed by atoms with van der Waals surface area (Å²) < 4.78 is 10.5. The SMILES string of the molecule is COc1ccc(CC(C=O)N(C(=O)[C@H](Cc2ccc(OC)cc2)NC(=O)Cc2cccc3ccccc23)[C@H](C(N)=O)C(C)C)cc1. The molecule has 0 heterocycles. The first kappa shape index (κ1) is 33.7. The molecule has 1 unspecified atom stereocenters. The van der Waals surface area contributed by atoms with Crippen molar-refractivity contribution < 1.29 is 28.7 Å². The van der Waals surface area contributed by atoms with Crippen LogP contribution in [0.25, 0.3) is 10.8 Å². The molecule has 9 heteroatoms. The van der Waals surface area contributed by atoms with Gasteiger partial charge in [-0.3, -0.25) is 14.4 Å². The van der Waals surface area contributed by atoms with Crippen LogP contribution in [-0.4, -0.2) is 61.3 Å². The molecule has 0 radical (unpaired) electrons. The summed E-state index contributed by atoms with van der Waals surface area (Å²) in [6, 6.07) is 24.6. The first-order valence-electron chi connectivity index (χ1n) is 15.2. The van der Waals surface area contributed by atoms with Gasteiger partial charge in [0.2, 0.25) is 17.7 Å². The number of carbonyl (C=O) groups is 4. The van der Waals surface area contributed by atoms with Gasteiger partial charge in [-0.15, -0.1) is 0 Å². The van der Waals surface area contributed by atoms with Crippen molar-refractivity contribution in [2.24, 2.45) is 11.7 Å². The molecule has 4 aromatic carbocycles. The Bertz CT molecular complexity index is 1650. The van der Waals surface area contributed by atoms with E-state index in [-0.39, 0.29) is 25.2 Å². The summed E-state index contributed by atoms with van der Waals surface area (Å²) in [6.07, 6.45) is 0.927. The van der Waals surface area contributed by atoms with Gasteiger partial charge in [0, 0.05) is 6.42 Å². The van der Waals surface area contributed by atoms with E-state index in [9.17, 15) is 19.2 Å². The van der Waals surface area contributed by atoms with Crippen LogP contribution in [-0.2, 0) is 38.4 Å². The minimum atomic E-state index is -1.10. The van der Waals surface area contributed by atoms with E-state index in [1.807, 2.05) is 54.6 Å². The fourth-order valence-corrected chi connectivity index (χ4v) is 5.75. The molecule has 3 atom stereocenters. The second-order valence-corrected chi connectivity index (χ2v) is 11.6. The zero-order valence-corrected chi connectivity index (χ0v) is 26.6. The van der Waals surface area contributed by atoms with Crippen LogP contribution in [0, 0.1) is 5.92 Å². The molecular weight excluding hydrogens is 582 g/mol. The molecule has 4 rings (SSSR count). The number of aldehydes is 1. The van der Waals surface area contributed by atoms with Gasteiger partial charge < -0.3 is 30.2 Å².